The van der Waals surface area contributed by atoms with Gasteiger partial charge in [-0.25, -0.2) is 8.42 Å². The molecule has 0 radical (unpaired) electrons. The summed E-state index contributed by atoms with van der Waals surface area (Å²) in [6, 6.07) is 13.7. The number of carbonyl (C=O) groups excluding carboxylic acids is 1. The molecular formula is C16H17N5O3S. The zero-order chi connectivity index (χ0) is 18.0. The molecule has 0 saturated carbocycles. The Morgan fingerprint density at radius 2 is 1.92 bits per heavy atom. The van der Waals surface area contributed by atoms with Crippen molar-refractivity contribution in [1.82, 2.24) is 19.5 Å². The second-order valence-corrected chi connectivity index (χ2v) is 7.69. The lowest BCUT2D eigenvalue weighted by molar-refractivity contribution is -0.116. The summed E-state index contributed by atoms with van der Waals surface area (Å²) in [5.74, 6) is 0.0924. The van der Waals surface area contributed by atoms with Crippen LogP contribution < -0.4 is 5.32 Å². The fourth-order valence-corrected chi connectivity index (χ4v) is 2.71. The second kappa shape index (κ2) is 6.61. The number of hydrogen-bond donors (Lipinski definition) is 2. The van der Waals surface area contributed by atoms with Crippen molar-refractivity contribution in [2.45, 2.75) is 0 Å². The zero-order valence-corrected chi connectivity index (χ0v) is 14.5. The molecule has 0 bridgehead atoms. The van der Waals surface area contributed by atoms with Crippen molar-refractivity contribution in [2.24, 2.45) is 0 Å². The molecule has 1 amide bonds. The molecule has 3 aromatic rings. The maximum Gasteiger partial charge on any atom is 0.249 e. The standard InChI is InChI=1S/C16H17N5O3S/c1-21(25(2,23)24)10-14(22)17-16-18-15(19-20-16)13-9-5-7-11-6-3-4-8-12(11)13/h3-9H,10H2,1-2H3,(H2,17,18,19,20,22). The van der Waals surface area contributed by atoms with Gasteiger partial charge in [-0.15, -0.1) is 5.10 Å². The van der Waals surface area contributed by atoms with E-state index in [1.54, 1.807) is 0 Å². The van der Waals surface area contributed by atoms with Crippen LogP contribution in [0, 0.1) is 0 Å². The van der Waals surface area contributed by atoms with Gasteiger partial charge in [0.2, 0.25) is 21.9 Å². The highest BCUT2D eigenvalue weighted by molar-refractivity contribution is 7.88. The van der Waals surface area contributed by atoms with Crippen molar-refractivity contribution in [2.75, 3.05) is 25.2 Å². The zero-order valence-electron chi connectivity index (χ0n) is 13.7. The summed E-state index contributed by atoms with van der Waals surface area (Å²) in [6.07, 6.45) is 1.03. The van der Waals surface area contributed by atoms with E-state index in [-0.39, 0.29) is 12.5 Å². The Morgan fingerprint density at radius 1 is 1.20 bits per heavy atom. The van der Waals surface area contributed by atoms with Crippen LogP contribution >= 0.6 is 0 Å². The number of aromatic amines is 1. The highest BCUT2D eigenvalue weighted by atomic mass is 32.2. The SMILES string of the molecule is CN(CC(=O)Nc1n[nH]c(-c2cccc3ccccc23)n1)S(C)(=O)=O. The van der Waals surface area contributed by atoms with Crippen LogP contribution in [-0.4, -0.2) is 53.7 Å². The van der Waals surface area contributed by atoms with E-state index in [2.05, 4.69) is 20.5 Å². The molecule has 25 heavy (non-hydrogen) atoms. The van der Waals surface area contributed by atoms with Gasteiger partial charge in [0.1, 0.15) is 0 Å². The molecule has 3 rings (SSSR count). The molecule has 1 heterocycles. The molecule has 2 N–H and O–H groups in total. The first-order valence-electron chi connectivity index (χ1n) is 7.46. The Bertz CT molecular complexity index is 1020. The number of carbonyl (C=O) groups is 1. The average molecular weight is 359 g/mol. The largest absolute Gasteiger partial charge is 0.292 e. The average Bonchev–Trinajstić information content (AvgIpc) is 3.01. The predicted octanol–water partition coefficient (Wildman–Crippen LogP) is 1.45. The van der Waals surface area contributed by atoms with Crippen LogP contribution in [0.25, 0.3) is 22.2 Å². The summed E-state index contributed by atoms with van der Waals surface area (Å²) in [5.41, 5.74) is 0.861. The molecule has 0 unspecified atom stereocenters. The number of benzene rings is 2. The lowest BCUT2D eigenvalue weighted by atomic mass is 10.0. The minimum absolute atomic E-state index is 0.0924. The number of aromatic nitrogens is 3. The lowest BCUT2D eigenvalue weighted by Crippen LogP contribution is -2.34. The Morgan fingerprint density at radius 3 is 2.68 bits per heavy atom. The Hall–Kier alpha value is -2.78. The van der Waals surface area contributed by atoms with Gasteiger partial charge in [0.25, 0.3) is 0 Å². The molecule has 0 aliphatic heterocycles. The van der Waals surface area contributed by atoms with Gasteiger partial charge < -0.3 is 0 Å². The Labute approximate surface area is 144 Å². The number of anilines is 1. The van der Waals surface area contributed by atoms with Crippen LogP contribution in [0.4, 0.5) is 5.95 Å². The minimum atomic E-state index is -3.43. The third-order valence-corrected chi connectivity index (χ3v) is 4.98. The predicted molar refractivity (Wildman–Crippen MR) is 95.4 cm³/mol. The second-order valence-electron chi connectivity index (χ2n) is 5.60. The Kier molecular flexibility index (Phi) is 4.51. The van der Waals surface area contributed by atoms with E-state index in [9.17, 15) is 13.2 Å². The quantitative estimate of drug-likeness (QED) is 0.717. The van der Waals surface area contributed by atoms with E-state index in [1.807, 2.05) is 42.5 Å². The number of nitrogens with one attached hydrogen (secondary N) is 2. The minimum Gasteiger partial charge on any atom is -0.292 e. The fourth-order valence-electron chi connectivity index (χ4n) is 2.35. The van der Waals surface area contributed by atoms with Crippen LogP contribution in [0.15, 0.2) is 42.5 Å². The van der Waals surface area contributed by atoms with Crippen LogP contribution in [0.1, 0.15) is 0 Å². The molecule has 0 fully saturated rings. The first kappa shape index (κ1) is 17.1. The maximum atomic E-state index is 11.9. The number of hydrogen-bond acceptors (Lipinski definition) is 5. The topological polar surface area (TPSA) is 108 Å². The maximum absolute atomic E-state index is 11.9. The van der Waals surface area contributed by atoms with Gasteiger partial charge in [0.15, 0.2) is 5.82 Å². The van der Waals surface area contributed by atoms with E-state index in [0.29, 0.717) is 5.82 Å². The van der Waals surface area contributed by atoms with Crippen molar-refractivity contribution in [3.05, 3.63) is 42.5 Å². The smallest absolute Gasteiger partial charge is 0.249 e. The highest BCUT2D eigenvalue weighted by Gasteiger charge is 2.17. The molecule has 0 aliphatic rings. The van der Waals surface area contributed by atoms with Gasteiger partial charge in [-0.1, -0.05) is 42.5 Å². The number of rotatable bonds is 5. The molecule has 1 aromatic heterocycles. The van der Waals surface area contributed by atoms with Crippen LogP contribution in [0.3, 0.4) is 0 Å². The summed E-state index contributed by atoms with van der Waals surface area (Å²) < 4.78 is 23.6. The van der Waals surface area contributed by atoms with Crippen molar-refractivity contribution >= 4 is 32.7 Å². The molecule has 2 aromatic carbocycles. The monoisotopic (exact) mass is 359 g/mol. The van der Waals surface area contributed by atoms with E-state index in [0.717, 1.165) is 26.9 Å². The third kappa shape index (κ3) is 3.83. The van der Waals surface area contributed by atoms with E-state index in [1.165, 1.54) is 7.05 Å². The van der Waals surface area contributed by atoms with Gasteiger partial charge in [-0.05, 0) is 10.8 Å². The number of fused-ring (bicyclic) bond motifs is 1. The van der Waals surface area contributed by atoms with Gasteiger partial charge in [0, 0.05) is 12.6 Å². The van der Waals surface area contributed by atoms with Gasteiger partial charge in [0.05, 0.1) is 12.8 Å². The summed E-state index contributed by atoms with van der Waals surface area (Å²) in [6.45, 7) is -0.309. The van der Waals surface area contributed by atoms with Gasteiger partial charge in [-0.2, -0.15) is 9.29 Å². The Balaban J connectivity index is 1.80. The molecular weight excluding hydrogens is 342 g/mol. The fraction of sp³-hybridized carbons (Fsp3) is 0.188. The number of nitrogens with zero attached hydrogens (tertiary/aromatic N) is 3. The number of amides is 1. The first-order valence-corrected chi connectivity index (χ1v) is 9.31. The highest BCUT2D eigenvalue weighted by Crippen LogP contribution is 2.26. The van der Waals surface area contributed by atoms with Crippen molar-refractivity contribution in [1.29, 1.82) is 0 Å². The van der Waals surface area contributed by atoms with E-state index >= 15 is 0 Å². The van der Waals surface area contributed by atoms with Crippen LogP contribution in [-0.2, 0) is 14.8 Å². The van der Waals surface area contributed by atoms with Gasteiger partial charge in [-0.3, -0.25) is 15.2 Å². The molecule has 0 aliphatic carbocycles. The van der Waals surface area contributed by atoms with Crippen molar-refractivity contribution in [3.63, 3.8) is 0 Å². The normalized spacial score (nSPS) is 11.8. The molecule has 0 saturated heterocycles. The summed E-state index contributed by atoms with van der Waals surface area (Å²) in [5, 5.41) is 11.3. The number of H-pyrrole nitrogens is 1. The van der Waals surface area contributed by atoms with Crippen LogP contribution in [0.2, 0.25) is 0 Å². The number of likely N-dealkylation sites (N-methyl/N-ethyl adjacent to an activating group) is 1. The lowest BCUT2D eigenvalue weighted by Gasteiger charge is -2.12. The van der Waals surface area contributed by atoms with Gasteiger partial charge >= 0.3 is 0 Å². The summed E-state index contributed by atoms with van der Waals surface area (Å²) in [7, 11) is -2.10. The van der Waals surface area contributed by atoms with Crippen LogP contribution in [0.5, 0.6) is 0 Å². The number of sulfonamides is 1. The van der Waals surface area contributed by atoms with Crippen molar-refractivity contribution < 1.29 is 13.2 Å². The summed E-state index contributed by atoms with van der Waals surface area (Å²) >= 11 is 0. The molecule has 0 atom stereocenters. The van der Waals surface area contributed by atoms with E-state index in [4.69, 9.17) is 0 Å². The molecule has 130 valence electrons. The molecule has 8 nitrogen and oxygen atoms in total. The third-order valence-electron chi connectivity index (χ3n) is 3.71. The summed E-state index contributed by atoms with van der Waals surface area (Å²) in [4.78, 5) is 16.2. The molecule has 9 heteroatoms. The molecule has 0 spiro atoms. The van der Waals surface area contributed by atoms with E-state index < -0.39 is 15.9 Å². The first-order chi connectivity index (χ1) is 11.8. The van der Waals surface area contributed by atoms with Crippen molar-refractivity contribution in [3.8, 4) is 11.4 Å².